The van der Waals surface area contributed by atoms with Gasteiger partial charge in [-0.25, -0.2) is 0 Å². The van der Waals surface area contributed by atoms with Gasteiger partial charge in [-0.1, -0.05) is 25.1 Å². The number of carbonyl (C=O) groups excluding carboxylic acids is 2. The zero-order valence-corrected chi connectivity index (χ0v) is 16.0. The van der Waals surface area contributed by atoms with Crippen molar-refractivity contribution in [1.29, 1.82) is 0 Å². The molecule has 0 saturated carbocycles. The normalized spacial score (nSPS) is 16.5. The van der Waals surface area contributed by atoms with Gasteiger partial charge in [-0.05, 0) is 37.0 Å². The van der Waals surface area contributed by atoms with E-state index in [2.05, 4.69) is 12.2 Å². The number of likely N-dealkylation sites (tertiary alicyclic amines) is 1. The van der Waals surface area contributed by atoms with Gasteiger partial charge in [-0.15, -0.1) is 0 Å². The topological polar surface area (TPSA) is 92.6 Å². The molecule has 1 fully saturated rings. The zero-order valence-electron chi connectivity index (χ0n) is 16.0. The largest absolute Gasteiger partial charge is 0.383 e. The van der Waals surface area contributed by atoms with Crippen LogP contribution in [0, 0.1) is 16.0 Å². The van der Waals surface area contributed by atoms with E-state index in [1.165, 1.54) is 18.2 Å². The number of ketones is 1. The van der Waals surface area contributed by atoms with Gasteiger partial charge in [0.15, 0.2) is 5.78 Å². The Labute approximate surface area is 163 Å². The first kappa shape index (κ1) is 19.5. The highest BCUT2D eigenvalue weighted by Crippen LogP contribution is 2.27. The lowest BCUT2D eigenvalue weighted by Crippen LogP contribution is -2.39. The maximum atomic E-state index is 13.1. The number of rotatable bonds is 5. The van der Waals surface area contributed by atoms with Crippen LogP contribution in [0.3, 0.4) is 0 Å². The van der Waals surface area contributed by atoms with Gasteiger partial charge in [0.2, 0.25) is 0 Å². The second-order valence-corrected chi connectivity index (χ2v) is 7.11. The molecule has 2 aromatic rings. The van der Waals surface area contributed by atoms with Crippen LogP contribution in [0.25, 0.3) is 0 Å². The fourth-order valence-electron chi connectivity index (χ4n) is 3.60. The van der Waals surface area contributed by atoms with E-state index < -0.39 is 10.7 Å². The smallest absolute Gasteiger partial charge is 0.293 e. The molecular weight excluding hydrogens is 358 g/mol. The third kappa shape index (κ3) is 3.88. The van der Waals surface area contributed by atoms with Crippen LogP contribution in [0.5, 0.6) is 0 Å². The number of piperidine rings is 1. The van der Waals surface area contributed by atoms with Crippen LogP contribution < -0.4 is 5.32 Å². The van der Waals surface area contributed by atoms with Gasteiger partial charge in [-0.2, -0.15) is 0 Å². The first-order chi connectivity index (χ1) is 13.4. The lowest BCUT2D eigenvalue weighted by atomic mass is 9.95. The molecule has 1 aliphatic heterocycles. The van der Waals surface area contributed by atoms with Crippen molar-refractivity contribution < 1.29 is 14.5 Å². The van der Waals surface area contributed by atoms with Crippen LogP contribution in [0.1, 0.15) is 46.0 Å². The highest BCUT2D eigenvalue weighted by molar-refractivity contribution is 6.15. The van der Waals surface area contributed by atoms with Crippen LogP contribution in [-0.4, -0.2) is 41.7 Å². The fourth-order valence-corrected chi connectivity index (χ4v) is 3.60. The van der Waals surface area contributed by atoms with E-state index in [-0.39, 0.29) is 22.7 Å². The fraction of sp³-hybridized carbons (Fsp3) is 0.333. The molecule has 1 aliphatic rings. The van der Waals surface area contributed by atoms with Crippen molar-refractivity contribution in [2.45, 2.75) is 19.8 Å². The Morgan fingerprint density at radius 3 is 2.54 bits per heavy atom. The number of anilines is 1. The van der Waals surface area contributed by atoms with Crippen LogP contribution in [0.15, 0.2) is 42.5 Å². The Bertz CT molecular complexity index is 926. The second-order valence-electron chi connectivity index (χ2n) is 7.11. The van der Waals surface area contributed by atoms with Crippen molar-refractivity contribution in [3.8, 4) is 0 Å². The predicted octanol–water partition coefficient (Wildman–Crippen LogP) is 3.74. The quantitative estimate of drug-likeness (QED) is 0.484. The molecule has 0 bridgehead atoms. The van der Waals surface area contributed by atoms with Crippen molar-refractivity contribution >= 4 is 23.1 Å². The Hall–Kier alpha value is -3.22. The summed E-state index contributed by atoms with van der Waals surface area (Å²) in [6, 6.07) is 10.9. The average molecular weight is 381 g/mol. The number of nitro benzene ring substituents is 1. The summed E-state index contributed by atoms with van der Waals surface area (Å²) in [6.07, 6.45) is 2.03. The lowest BCUT2D eigenvalue weighted by Gasteiger charge is -2.31. The number of hydrogen-bond donors (Lipinski definition) is 1. The molecule has 2 aromatic carbocycles. The summed E-state index contributed by atoms with van der Waals surface area (Å²) >= 11 is 0. The average Bonchev–Trinajstić information content (AvgIpc) is 2.72. The molecule has 1 heterocycles. The number of nitrogens with zero attached hydrogens (tertiary/aromatic N) is 2. The van der Waals surface area contributed by atoms with Crippen LogP contribution in [0.4, 0.5) is 11.4 Å². The van der Waals surface area contributed by atoms with Crippen molar-refractivity contribution in [1.82, 2.24) is 4.90 Å². The number of benzene rings is 2. The Kier molecular flexibility index (Phi) is 5.73. The molecule has 0 aromatic heterocycles. The summed E-state index contributed by atoms with van der Waals surface area (Å²) < 4.78 is 0. The van der Waals surface area contributed by atoms with E-state index >= 15 is 0 Å². The van der Waals surface area contributed by atoms with E-state index in [1.807, 2.05) is 0 Å². The summed E-state index contributed by atoms with van der Waals surface area (Å²) in [5, 5.41) is 14.0. The van der Waals surface area contributed by atoms with Crippen molar-refractivity contribution in [3.63, 3.8) is 0 Å². The number of nitrogens with one attached hydrogen (secondary N) is 1. The van der Waals surface area contributed by atoms with Gasteiger partial charge < -0.3 is 10.2 Å². The van der Waals surface area contributed by atoms with Gasteiger partial charge in [-0.3, -0.25) is 19.7 Å². The standard InChI is InChI=1S/C21H23N3O4/c1-14-6-5-11-23(13-14)21(26)17-8-4-3-7-16(17)20(25)15-9-10-18(22-2)19(12-15)24(27)28/h3-4,7-10,12,14,22H,5-6,11,13H2,1-2H3. The molecule has 146 valence electrons. The Morgan fingerprint density at radius 2 is 1.89 bits per heavy atom. The molecule has 1 N–H and O–H groups in total. The van der Waals surface area contributed by atoms with Crippen molar-refractivity contribution in [3.05, 3.63) is 69.3 Å². The number of amides is 1. The molecule has 3 rings (SSSR count). The van der Waals surface area contributed by atoms with Gasteiger partial charge in [0.05, 0.1) is 10.5 Å². The van der Waals surface area contributed by atoms with E-state index in [0.717, 1.165) is 12.8 Å². The molecular formula is C21H23N3O4. The third-order valence-electron chi connectivity index (χ3n) is 5.07. The molecule has 7 nitrogen and oxygen atoms in total. The predicted molar refractivity (Wildman–Crippen MR) is 107 cm³/mol. The zero-order chi connectivity index (χ0) is 20.3. The van der Waals surface area contributed by atoms with Crippen LogP contribution in [-0.2, 0) is 0 Å². The summed E-state index contributed by atoms with van der Waals surface area (Å²) in [6.45, 7) is 3.46. The number of hydrogen-bond acceptors (Lipinski definition) is 5. The minimum Gasteiger partial charge on any atom is -0.383 e. The number of carbonyl (C=O) groups is 2. The van der Waals surface area contributed by atoms with E-state index in [1.54, 1.807) is 36.2 Å². The molecule has 1 amide bonds. The van der Waals surface area contributed by atoms with E-state index in [0.29, 0.717) is 30.3 Å². The molecule has 1 unspecified atom stereocenters. The first-order valence-electron chi connectivity index (χ1n) is 9.31. The molecule has 7 heteroatoms. The molecule has 0 aliphatic carbocycles. The van der Waals surface area contributed by atoms with E-state index in [9.17, 15) is 19.7 Å². The van der Waals surface area contributed by atoms with Crippen molar-refractivity contribution in [2.24, 2.45) is 5.92 Å². The highest BCUT2D eigenvalue weighted by atomic mass is 16.6. The maximum Gasteiger partial charge on any atom is 0.293 e. The summed E-state index contributed by atoms with van der Waals surface area (Å²) in [4.78, 5) is 38.7. The minimum atomic E-state index is -0.533. The second kappa shape index (κ2) is 8.21. The maximum absolute atomic E-state index is 13.1. The highest BCUT2D eigenvalue weighted by Gasteiger charge is 2.26. The SMILES string of the molecule is CNc1ccc(C(=O)c2ccccc2C(=O)N2CCCC(C)C2)cc1[N+](=O)[O-]. The number of nitro groups is 1. The molecule has 28 heavy (non-hydrogen) atoms. The van der Waals surface area contributed by atoms with Gasteiger partial charge in [0.25, 0.3) is 11.6 Å². The summed E-state index contributed by atoms with van der Waals surface area (Å²) in [5.74, 6) is -0.145. The molecule has 1 saturated heterocycles. The van der Waals surface area contributed by atoms with Gasteiger partial charge in [0.1, 0.15) is 5.69 Å². The van der Waals surface area contributed by atoms with Gasteiger partial charge >= 0.3 is 0 Å². The molecule has 1 atom stereocenters. The summed E-state index contributed by atoms with van der Waals surface area (Å²) in [5.41, 5.74) is 0.923. The Morgan fingerprint density at radius 1 is 1.18 bits per heavy atom. The molecule has 0 radical (unpaired) electrons. The summed E-state index contributed by atoms with van der Waals surface area (Å²) in [7, 11) is 1.58. The van der Waals surface area contributed by atoms with Crippen LogP contribution >= 0.6 is 0 Å². The van der Waals surface area contributed by atoms with Gasteiger partial charge in [0, 0.05) is 37.3 Å². The third-order valence-corrected chi connectivity index (χ3v) is 5.07. The Balaban J connectivity index is 1.96. The van der Waals surface area contributed by atoms with Crippen molar-refractivity contribution in [2.75, 3.05) is 25.5 Å². The van der Waals surface area contributed by atoms with E-state index in [4.69, 9.17) is 0 Å². The lowest BCUT2D eigenvalue weighted by molar-refractivity contribution is -0.384. The minimum absolute atomic E-state index is 0.170. The molecule has 0 spiro atoms. The first-order valence-corrected chi connectivity index (χ1v) is 9.31. The van der Waals surface area contributed by atoms with Crippen LogP contribution in [0.2, 0.25) is 0 Å². The monoisotopic (exact) mass is 381 g/mol.